The summed E-state index contributed by atoms with van der Waals surface area (Å²) in [5.41, 5.74) is 0.254. The average molecular weight is 280 g/mol. The van der Waals surface area contributed by atoms with E-state index in [0.717, 1.165) is 56.5 Å². The molecule has 104 valence electrons. The Morgan fingerprint density at radius 2 is 2.37 bits per heavy atom. The van der Waals surface area contributed by atoms with Crippen LogP contribution in [-0.2, 0) is 11.3 Å². The van der Waals surface area contributed by atoms with Crippen molar-refractivity contribution >= 4 is 16.9 Å². The summed E-state index contributed by atoms with van der Waals surface area (Å²) in [7, 11) is 0. The minimum Gasteiger partial charge on any atom is -0.381 e. The highest BCUT2D eigenvalue weighted by Crippen LogP contribution is 2.31. The Balaban J connectivity index is 1.44. The second kappa shape index (κ2) is 5.96. The molecule has 2 aliphatic heterocycles. The fraction of sp³-hybridized carbons (Fsp3) is 0.692. The van der Waals surface area contributed by atoms with E-state index in [1.807, 2.05) is 34.9 Å². The molecule has 0 unspecified atom stereocenters. The van der Waals surface area contributed by atoms with E-state index in [9.17, 15) is 0 Å². The van der Waals surface area contributed by atoms with E-state index in [1.54, 1.807) is 0 Å². The quantitative estimate of drug-likeness (QED) is 0.850. The SMILES string of the molecule is c1cnn(CCCN=C2NC3(CCOCC3)CS2)c1. The monoisotopic (exact) mass is 280 g/mol. The summed E-state index contributed by atoms with van der Waals surface area (Å²) < 4.78 is 7.39. The molecule has 3 heterocycles. The van der Waals surface area contributed by atoms with E-state index in [0.29, 0.717) is 0 Å². The Morgan fingerprint density at radius 3 is 3.16 bits per heavy atom. The van der Waals surface area contributed by atoms with Crippen molar-refractivity contribution in [3.05, 3.63) is 18.5 Å². The third-order valence-corrected chi connectivity index (χ3v) is 4.87. The van der Waals surface area contributed by atoms with Crippen molar-refractivity contribution in [2.24, 2.45) is 4.99 Å². The lowest BCUT2D eigenvalue weighted by atomic mass is 9.93. The van der Waals surface area contributed by atoms with Gasteiger partial charge in [0.2, 0.25) is 0 Å². The first kappa shape index (κ1) is 13.0. The van der Waals surface area contributed by atoms with Crippen molar-refractivity contribution in [1.29, 1.82) is 0 Å². The zero-order chi connectivity index (χ0) is 13.0. The van der Waals surface area contributed by atoms with Crippen LogP contribution in [-0.4, -0.2) is 46.0 Å². The number of aromatic nitrogens is 2. The van der Waals surface area contributed by atoms with Crippen LogP contribution in [0.3, 0.4) is 0 Å². The number of aryl methyl sites for hydroxylation is 1. The van der Waals surface area contributed by atoms with Gasteiger partial charge in [0.25, 0.3) is 0 Å². The summed E-state index contributed by atoms with van der Waals surface area (Å²) in [6, 6.07) is 1.95. The molecule has 2 aliphatic rings. The topological polar surface area (TPSA) is 51.4 Å². The van der Waals surface area contributed by atoms with E-state index >= 15 is 0 Å². The molecule has 2 saturated heterocycles. The fourth-order valence-electron chi connectivity index (χ4n) is 2.47. The molecule has 19 heavy (non-hydrogen) atoms. The molecule has 0 bridgehead atoms. The molecule has 6 heteroatoms. The van der Waals surface area contributed by atoms with Crippen LogP contribution in [0.4, 0.5) is 0 Å². The Bertz CT molecular complexity index is 426. The van der Waals surface area contributed by atoms with E-state index in [-0.39, 0.29) is 5.54 Å². The van der Waals surface area contributed by atoms with Gasteiger partial charge < -0.3 is 10.1 Å². The largest absolute Gasteiger partial charge is 0.381 e. The number of hydrogen-bond acceptors (Lipinski definition) is 4. The molecule has 2 fully saturated rings. The van der Waals surface area contributed by atoms with Crippen LogP contribution in [0, 0.1) is 0 Å². The highest BCUT2D eigenvalue weighted by molar-refractivity contribution is 8.14. The van der Waals surface area contributed by atoms with Crippen molar-refractivity contribution in [1.82, 2.24) is 15.1 Å². The minimum absolute atomic E-state index is 0.254. The first-order valence-electron chi connectivity index (χ1n) is 6.87. The van der Waals surface area contributed by atoms with Gasteiger partial charge >= 0.3 is 0 Å². The van der Waals surface area contributed by atoms with E-state index < -0.39 is 0 Å². The minimum atomic E-state index is 0.254. The van der Waals surface area contributed by atoms with Gasteiger partial charge in [-0.3, -0.25) is 9.67 Å². The summed E-state index contributed by atoms with van der Waals surface area (Å²) in [5.74, 6) is 1.13. The van der Waals surface area contributed by atoms with Gasteiger partial charge in [-0.1, -0.05) is 11.8 Å². The highest BCUT2D eigenvalue weighted by Gasteiger charge is 2.38. The maximum atomic E-state index is 5.43. The number of thioether (sulfide) groups is 1. The maximum Gasteiger partial charge on any atom is 0.157 e. The Hall–Kier alpha value is -1.01. The van der Waals surface area contributed by atoms with Crippen LogP contribution >= 0.6 is 11.8 Å². The zero-order valence-electron chi connectivity index (χ0n) is 11.0. The number of hydrogen-bond donors (Lipinski definition) is 1. The van der Waals surface area contributed by atoms with Crippen LogP contribution in [0.15, 0.2) is 23.5 Å². The number of amidine groups is 1. The molecular formula is C13H20N4OS. The second-order valence-corrected chi connectivity index (χ2v) is 6.08. The predicted octanol–water partition coefficient (Wildman–Crippen LogP) is 1.51. The van der Waals surface area contributed by atoms with Gasteiger partial charge in [0.05, 0.1) is 5.54 Å². The lowest BCUT2D eigenvalue weighted by molar-refractivity contribution is 0.0555. The van der Waals surface area contributed by atoms with Crippen LogP contribution in [0.25, 0.3) is 0 Å². The maximum absolute atomic E-state index is 5.43. The number of nitrogens with zero attached hydrogens (tertiary/aromatic N) is 3. The van der Waals surface area contributed by atoms with E-state index in [1.165, 1.54) is 0 Å². The normalized spacial score (nSPS) is 23.9. The van der Waals surface area contributed by atoms with Crippen molar-refractivity contribution in [3.8, 4) is 0 Å². The first-order chi connectivity index (χ1) is 9.36. The number of rotatable bonds is 4. The molecule has 1 aromatic rings. The van der Waals surface area contributed by atoms with Crippen molar-refractivity contribution in [3.63, 3.8) is 0 Å². The summed E-state index contributed by atoms with van der Waals surface area (Å²) in [6.07, 6.45) is 7.05. The fourth-order valence-corrected chi connectivity index (χ4v) is 3.71. The lowest BCUT2D eigenvalue weighted by Crippen LogP contribution is -2.48. The molecule has 0 amide bonds. The third-order valence-electron chi connectivity index (χ3n) is 3.67. The van der Waals surface area contributed by atoms with Crippen molar-refractivity contribution in [2.45, 2.75) is 31.3 Å². The molecular weight excluding hydrogens is 260 g/mol. The van der Waals surface area contributed by atoms with E-state index in [2.05, 4.69) is 15.4 Å². The molecule has 3 rings (SSSR count). The van der Waals surface area contributed by atoms with Crippen molar-refractivity contribution in [2.75, 3.05) is 25.5 Å². The summed E-state index contributed by atoms with van der Waals surface area (Å²) in [5, 5.41) is 8.91. The number of ether oxygens (including phenoxy) is 1. The number of aliphatic imine (C=N–C) groups is 1. The van der Waals surface area contributed by atoms with Crippen LogP contribution in [0.2, 0.25) is 0 Å². The molecule has 0 aromatic carbocycles. The lowest BCUT2D eigenvalue weighted by Gasteiger charge is -2.32. The zero-order valence-corrected chi connectivity index (χ0v) is 11.9. The highest BCUT2D eigenvalue weighted by atomic mass is 32.2. The Labute approximate surface area is 117 Å². The van der Waals surface area contributed by atoms with Gasteiger partial charge in [0, 0.05) is 44.4 Å². The molecule has 0 saturated carbocycles. The van der Waals surface area contributed by atoms with Crippen LogP contribution in [0.5, 0.6) is 0 Å². The van der Waals surface area contributed by atoms with Gasteiger partial charge in [0.15, 0.2) is 5.17 Å². The molecule has 1 aromatic heterocycles. The third kappa shape index (κ3) is 3.30. The average Bonchev–Trinajstić information content (AvgIpc) is 3.07. The second-order valence-electron chi connectivity index (χ2n) is 5.12. The van der Waals surface area contributed by atoms with Gasteiger partial charge in [-0.15, -0.1) is 0 Å². The standard InChI is InChI=1S/C13H20N4OS/c1(7-17-8-2-6-15-17)5-14-12-16-13(11-19-12)3-9-18-10-4-13/h2,6,8H,1,3-5,7,9-11H2,(H,14,16). The predicted molar refractivity (Wildman–Crippen MR) is 77.5 cm³/mol. The van der Waals surface area contributed by atoms with Gasteiger partial charge in [-0.05, 0) is 25.3 Å². The summed E-state index contributed by atoms with van der Waals surface area (Å²) >= 11 is 1.86. The van der Waals surface area contributed by atoms with E-state index in [4.69, 9.17) is 4.74 Å². The molecule has 0 atom stereocenters. The molecule has 0 aliphatic carbocycles. The molecule has 5 nitrogen and oxygen atoms in total. The molecule has 1 N–H and O–H groups in total. The van der Waals surface area contributed by atoms with Crippen molar-refractivity contribution < 1.29 is 4.74 Å². The smallest absolute Gasteiger partial charge is 0.157 e. The molecule has 1 spiro atoms. The Kier molecular flexibility index (Phi) is 4.08. The van der Waals surface area contributed by atoms with Crippen LogP contribution < -0.4 is 5.32 Å². The Morgan fingerprint density at radius 1 is 1.47 bits per heavy atom. The first-order valence-corrected chi connectivity index (χ1v) is 7.86. The van der Waals surface area contributed by atoms with Gasteiger partial charge in [0.1, 0.15) is 0 Å². The summed E-state index contributed by atoms with van der Waals surface area (Å²) in [6.45, 7) is 3.55. The molecule has 0 radical (unpaired) electrons. The van der Waals surface area contributed by atoms with Gasteiger partial charge in [-0.2, -0.15) is 5.10 Å². The summed E-state index contributed by atoms with van der Waals surface area (Å²) in [4.78, 5) is 4.66. The van der Waals surface area contributed by atoms with Crippen LogP contribution in [0.1, 0.15) is 19.3 Å². The van der Waals surface area contributed by atoms with Gasteiger partial charge in [-0.25, -0.2) is 0 Å². The number of nitrogens with one attached hydrogen (secondary N) is 1.